The van der Waals surface area contributed by atoms with Gasteiger partial charge in [0.05, 0.1) is 11.9 Å². The smallest absolute Gasteiger partial charge is 0.255 e. The molecular weight excluding hydrogens is 457 g/mol. The van der Waals surface area contributed by atoms with E-state index in [1.165, 1.54) is 6.07 Å². The third-order valence-electron chi connectivity index (χ3n) is 8.18. The molecule has 1 saturated heterocycles. The van der Waals surface area contributed by atoms with Crippen LogP contribution in [0, 0.1) is 17.7 Å². The van der Waals surface area contributed by atoms with Gasteiger partial charge in [0.25, 0.3) is 5.56 Å². The Labute approximate surface area is 205 Å². The van der Waals surface area contributed by atoms with E-state index < -0.39 is 0 Å². The summed E-state index contributed by atoms with van der Waals surface area (Å²) in [6.45, 7) is 2.00. The van der Waals surface area contributed by atoms with Crippen LogP contribution in [0.5, 0.6) is 0 Å². The number of benzene rings is 2. The number of H-pyrrole nitrogens is 2. The molecule has 9 heteroatoms. The number of aromatic amines is 2. The molecule has 0 unspecified atom stereocenters. The summed E-state index contributed by atoms with van der Waals surface area (Å²) in [6, 6.07) is 14.5. The maximum absolute atomic E-state index is 14.7. The van der Waals surface area contributed by atoms with E-state index >= 15 is 0 Å². The summed E-state index contributed by atoms with van der Waals surface area (Å²) in [5.41, 5.74) is 9.40. The van der Waals surface area contributed by atoms with Gasteiger partial charge in [0.1, 0.15) is 17.2 Å². The molecule has 0 amide bonds. The van der Waals surface area contributed by atoms with E-state index in [9.17, 15) is 9.18 Å². The van der Waals surface area contributed by atoms with Crippen molar-refractivity contribution < 1.29 is 4.39 Å². The number of anilines is 1. The highest BCUT2D eigenvalue weighted by Gasteiger charge is 2.66. The second-order valence-electron chi connectivity index (χ2n) is 9.78. The molecule has 0 spiro atoms. The van der Waals surface area contributed by atoms with Crippen molar-refractivity contribution in [2.75, 3.05) is 24.5 Å². The lowest BCUT2D eigenvalue weighted by Crippen LogP contribution is -2.32. The Kier molecular flexibility index (Phi) is 4.53. The standard InChI is InChI=1S/C27H24FN7O/c28-21-4-2-1-3-19(21)27(14-29)18-8-10-35(13-20(18)27)22-12-31-24-23(33-34-25(24)32-22)16-5-6-17-15(11-16)7-9-30-26(17)36/h1-7,9,11-12,18,20H,8,10,13-14,29H2,(H,30,36)(H,32,33,34)/t18-,20+,27-/m1/s1. The molecule has 2 aromatic carbocycles. The molecule has 4 N–H and O–H groups in total. The Morgan fingerprint density at radius 1 is 1.17 bits per heavy atom. The van der Waals surface area contributed by atoms with Crippen LogP contribution in [0.1, 0.15) is 12.0 Å². The van der Waals surface area contributed by atoms with Gasteiger partial charge in [-0.25, -0.2) is 14.4 Å². The lowest BCUT2D eigenvalue weighted by Gasteiger charge is -2.26. The van der Waals surface area contributed by atoms with Gasteiger partial charge in [-0.15, -0.1) is 0 Å². The maximum Gasteiger partial charge on any atom is 0.255 e. The number of rotatable bonds is 4. The normalized spacial score (nSPS) is 23.2. The van der Waals surface area contributed by atoms with Crippen LogP contribution in [0.25, 0.3) is 33.2 Å². The first-order valence-corrected chi connectivity index (χ1v) is 12.1. The molecule has 3 aromatic heterocycles. The zero-order chi connectivity index (χ0) is 24.4. The molecule has 4 heterocycles. The van der Waals surface area contributed by atoms with Gasteiger partial charge in [-0.05, 0) is 53.5 Å². The molecular formula is C27H24FN7O. The minimum absolute atomic E-state index is 0.119. The van der Waals surface area contributed by atoms with Gasteiger partial charge in [0, 0.05) is 42.2 Å². The Morgan fingerprint density at radius 3 is 2.92 bits per heavy atom. The van der Waals surface area contributed by atoms with Crippen molar-refractivity contribution in [1.82, 2.24) is 25.1 Å². The number of nitrogens with zero attached hydrogens (tertiary/aromatic N) is 4. The van der Waals surface area contributed by atoms with Crippen LogP contribution in [-0.2, 0) is 5.41 Å². The van der Waals surface area contributed by atoms with E-state index in [0.717, 1.165) is 47.5 Å². The van der Waals surface area contributed by atoms with Crippen molar-refractivity contribution in [2.45, 2.75) is 11.8 Å². The van der Waals surface area contributed by atoms with E-state index in [2.05, 4.69) is 20.1 Å². The molecule has 36 heavy (non-hydrogen) atoms. The number of halogens is 1. The summed E-state index contributed by atoms with van der Waals surface area (Å²) in [6.07, 6.45) is 4.35. The first-order chi connectivity index (χ1) is 17.6. The SMILES string of the molecule is NC[C@]1(c2ccccc2F)[C@@H]2CCN(c3cnc4c(-c5ccc6c(=O)[nH]ccc6c5)[nH]nc4n3)C[C@@H]21. The van der Waals surface area contributed by atoms with Crippen LogP contribution in [0.4, 0.5) is 10.2 Å². The summed E-state index contributed by atoms with van der Waals surface area (Å²) < 4.78 is 14.7. The van der Waals surface area contributed by atoms with Gasteiger partial charge in [0.15, 0.2) is 0 Å². The minimum Gasteiger partial charge on any atom is -0.355 e. The predicted molar refractivity (Wildman–Crippen MR) is 136 cm³/mol. The fraction of sp³-hybridized carbons (Fsp3) is 0.259. The third kappa shape index (κ3) is 2.95. The monoisotopic (exact) mass is 481 g/mol. The van der Waals surface area contributed by atoms with Crippen LogP contribution in [0.3, 0.4) is 0 Å². The Hall–Kier alpha value is -4.11. The van der Waals surface area contributed by atoms with Crippen LogP contribution in [0.2, 0.25) is 0 Å². The topological polar surface area (TPSA) is 117 Å². The Bertz CT molecular complexity index is 1700. The first kappa shape index (κ1) is 21.2. The van der Waals surface area contributed by atoms with Crippen molar-refractivity contribution >= 4 is 27.8 Å². The molecule has 0 radical (unpaired) electrons. The summed E-state index contributed by atoms with van der Waals surface area (Å²) >= 11 is 0. The Balaban J connectivity index is 1.19. The molecule has 2 fully saturated rings. The summed E-state index contributed by atoms with van der Waals surface area (Å²) in [7, 11) is 0. The summed E-state index contributed by atoms with van der Waals surface area (Å²) in [5.74, 6) is 1.24. The van der Waals surface area contributed by atoms with Gasteiger partial charge >= 0.3 is 0 Å². The van der Waals surface area contributed by atoms with Gasteiger partial charge < -0.3 is 15.6 Å². The number of pyridine rings is 1. The largest absolute Gasteiger partial charge is 0.355 e. The molecule has 1 saturated carbocycles. The molecule has 180 valence electrons. The van der Waals surface area contributed by atoms with Gasteiger partial charge in [-0.3, -0.25) is 9.89 Å². The first-order valence-electron chi connectivity index (χ1n) is 12.1. The van der Waals surface area contributed by atoms with E-state index in [-0.39, 0.29) is 22.7 Å². The molecule has 1 aliphatic heterocycles. The molecule has 7 rings (SSSR count). The molecule has 2 aliphatic rings. The maximum atomic E-state index is 14.7. The minimum atomic E-state index is -0.311. The number of hydrogen-bond donors (Lipinski definition) is 3. The Morgan fingerprint density at radius 2 is 2.06 bits per heavy atom. The third-order valence-corrected chi connectivity index (χ3v) is 8.18. The van der Waals surface area contributed by atoms with E-state index in [4.69, 9.17) is 15.7 Å². The molecule has 0 bridgehead atoms. The van der Waals surface area contributed by atoms with Gasteiger partial charge in [0.2, 0.25) is 5.65 Å². The van der Waals surface area contributed by atoms with Crippen LogP contribution < -0.4 is 16.2 Å². The van der Waals surface area contributed by atoms with Gasteiger partial charge in [-0.1, -0.05) is 24.3 Å². The van der Waals surface area contributed by atoms with E-state index in [0.29, 0.717) is 29.0 Å². The van der Waals surface area contributed by atoms with Crippen LogP contribution >= 0.6 is 0 Å². The molecule has 3 atom stereocenters. The number of nitrogens with two attached hydrogens (primary N) is 1. The van der Waals surface area contributed by atoms with Crippen molar-refractivity contribution in [3.8, 4) is 11.3 Å². The number of fused-ring (bicyclic) bond motifs is 3. The number of piperidine rings is 1. The zero-order valence-corrected chi connectivity index (χ0v) is 19.4. The fourth-order valence-corrected chi connectivity index (χ4v) is 6.32. The highest BCUT2D eigenvalue weighted by atomic mass is 19.1. The van der Waals surface area contributed by atoms with Crippen molar-refractivity contribution in [3.63, 3.8) is 0 Å². The lowest BCUT2D eigenvalue weighted by atomic mass is 9.91. The quantitative estimate of drug-likeness (QED) is 0.363. The molecule has 1 aliphatic carbocycles. The highest BCUT2D eigenvalue weighted by Crippen LogP contribution is 2.63. The van der Waals surface area contributed by atoms with Crippen LogP contribution in [-0.4, -0.2) is 44.8 Å². The van der Waals surface area contributed by atoms with Crippen molar-refractivity contribution in [2.24, 2.45) is 17.6 Å². The van der Waals surface area contributed by atoms with E-state index in [1.54, 1.807) is 24.5 Å². The van der Waals surface area contributed by atoms with Gasteiger partial charge in [-0.2, -0.15) is 5.10 Å². The predicted octanol–water partition coefficient (Wildman–Crippen LogP) is 3.35. The second kappa shape index (κ2) is 7.69. The number of aromatic nitrogens is 5. The average Bonchev–Trinajstić information content (AvgIpc) is 3.36. The van der Waals surface area contributed by atoms with Crippen molar-refractivity contribution in [1.29, 1.82) is 0 Å². The molecule has 5 aromatic rings. The molecule has 8 nitrogen and oxygen atoms in total. The summed E-state index contributed by atoms with van der Waals surface area (Å²) in [5, 5.41) is 8.96. The summed E-state index contributed by atoms with van der Waals surface area (Å²) in [4.78, 5) is 26.4. The van der Waals surface area contributed by atoms with Crippen LogP contribution in [0.15, 0.2) is 65.7 Å². The zero-order valence-electron chi connectivity index (χ0n) is 19.4. The lowest BCUT2D eigenvalue weighted by molar-refractivity contribution is 0.533. The average molecular weight is 482 g/mol. The number of nitrogens with one attached hydrogen (secondary N) is 2. The van der Waals surface area contributed by atoms with E-state index in [1.807, 2.05) is 30.3 Å². The number of hydrogen-bond acceptors (Lipinski definition) is 6. The fourth-order valence-electron chi connectivity index (χ4n) is 6.32. The van der Waals surface area contributed by atoms with Crippen molar-refractivity contribution in [3.05, 3.63) is 82.7 Å². The second-order valence-corrected chi connectivity index (χ2v) is 9.78. The highest BCUT2D eigenvalue weighted by molar-refractivity contribution is 5.92.